The molecule has 0 bridgehead atoms. The van der Waals surface area contributed by atoms with Crippen LogP contribution in [0.5, 0.6) is 0 Å². The van der Waals surface area contributed by atoms with Gasteiger partial charge in [0.1, 0.15) is 5.82 Å². The van der Waals surface area contributed by atoms with Crippen LogP contribution in [0.1, 0.15) is 44.0 Å². The van der Waals surface area contributed by atoms with E-state index in [4.69, 9.17) is 0 Å². The SMILES string of the molecule is CCN(CC1=CC(C)=CCC1)C(=O)c1cnc(N(C)CC)nc1-c1ccccc1F. The van der Waals surface area contributed by atoms with Gasteiger partial charge >= 0.3 is 0 Å². The Morgan fingerprint density at radius 3 is 2.63 bits per heavy atom. The first-order valence-corrected chi connectivity index (χ1v) is 10.4. The van der Waals surface area contributed by atoms with E-state index in [1.807, 2.05) is 25.8 Å². The summed E-state index contributed by atoms with van der Waals surface area (Å²) in [4.78, 5) is 26.0. The van der Waals surface area contributed by atoms with E-state index < -0.39 is 5.82 Å². The van der Waals surface area contributed by atoms with E-state index in [2.05, 4.69) is 29.0 Å². The Balaban J connectivity index is 2.01. The smallest absolute Gasteiger partial charge is 0.257 e. The molecule has 6 heteroatoms. The molecule has 1 aromatic carbocycles. The number of hydrogen-bond donors (Lipinski definition) is 0. The van der Waals surface area contributed by atoms with Crippen LogP contribution >= 0.6 is 0 Å². The average Bonchev–Trinajstić information content (AvgIpc) is 2.76. The van der Waals surface area contributed by atoms with Gasteiger partial charge in [-0.1, -0.05) is 35.4 Å². The van der Waals surface area contributed by atoms with Crippen LogP contribution in [0.4, 0.5) is 10.3 Å². The zero-order valence-corrected chi connectivity index (χ0v) is 18.2. The molecule has 1 aromatic heterocycles. The molecule has 30 heavy (non-hydrogen) atoms. The lowest BCUT2D eigenvalue weighted by Crippen LogP contribution is -2.34. The minimum Gasteiger partial charge on any atom is -0.344 e. The zero-order chi connectivity index (χ0) is 21.7. The van der Waals surface area contributed by atoms with Crippen LogP contribution in [0.25, 0.3) is 11.3 Å². The second kappa shape index (κ2) is 9.65. The van der Waals surface area contributed by atoms with Crippen LogP contribution in [0, 0.1) is 5.82 Å². The number of halogens is 1. The molecule has 0 unspecified atom stereocenters. The van der Waals surface area contributed by atoms with Gasteiger partial charge < -0.3 is 9.80 Å². The number of hydrogen-bond acceptors (Lipinski definition) is 4. The predicted molar refractivity (Wildman–Crippen MR) is 119 cm³/mol. The highest BCUT2D eigenvalue weighted by Crippen LogP contribution is 2.27. The lowest BCUT2D eigenvalue weighted by atomic mass is 9.99. The van der Waals surface area contributed by atoms with Gasteiger partial charge in [-0.15, -0.1) is 0 Å². The highest BCUT2D eigenvalue weighted by Gasteiger charge is 2.24. The predicted octanol–water partition coefficient (Wildman–Crippen LogP) is 4.87. The van der Waals surface area contributed by atoms with Gasteiger partial charge in [-0.2, -0.15) is 0 Å². The van der Waals surface area contributed by atoms with Gasteiger partial charge in [0.05, 0.1) is 11.3 Å². The lowest BCUT2D eigenvalue weighted by molar-refractivity contribution is 0.0777. The molecule has 1 heterocycles. The molecular weight excluding hydrogens is 379 g/mol. The van der Waals surface area contributed by atoms with Gasteiger partial charge in [-0.05, 0) is 45.7 Å². The summed E-state index contributed by atoms with van der Waals surface area (Å²) in [6.07, 6.45) is 7.81. The molecule has 0 fully saturated rings. The number of amides is 1. The summed E-state index contributed by atoms with van der Waals surface area (Å²) < 4.78 is 14.6. The number of benzene rings is 1. The molecule has 1 aliphatic carbocycles. The van der Waals surface area contributed by atoms with Gasteiger partial charge in [-0.25, -0.2) is 14.4 Å². The third-order valence-electron chi connectivity index (χ3n) is 5.38. The number of aromatic nitrogens is 2. The summed E-state index contributed by atoms with van der Waals surface area (Å²) in [6.45, 7) is 7.81. The van der Waals surface area contributed by atoms with Gasteiger partial charge in [-0.3, -0.25) is 4.79 Å². The number of nitrogens with zero attached hydrogens (tertiary/aromatic N) is 4. The van der Waals surface area contributed by atoms with Gasteiger partial charge in [0.15, 0.2) is 0 Å². The third-order valence-corrected chi connectivity index (χ3v) is 5.38. The highest BCUT2D eigenvalue weighted by atomic mass is 19.1. The molecule has 158 valence electrons. The number of allylic oxidation sites excluding steroid dienone is 3. The van der Waals surface area contributed by atoms with Crippen molar-refractivity contribution in [2.24, 2.45) is 0 Å². The second-order valence-electron chi connectivity index (χ2n) is 7.54. The van der Waals surface area contributed by atoms with E-state index in [0.29, 0.717) is 42.4 Å². The maximum absolute atomic E-state index is 14.6. The van der Waals surface area contributed by atoms with Crippen molar-refractivity contribution in [3.05, 3.63) is 65.1 Å². The summed E-state index contributed by atoms with van der Waals surface area (Å²) in [5.74, 6) is -0.130. The molecule has 0 atom stereocenters. The largest absolute Gasteiger partial charge is 0.344 e. The average molecular weight is 409 g/mol. The fourth-order valence-electron chi connectivity index (χ4n) is 3.52. The van der Waals surface area contributed by atoms with E-state index in [0.717, 1.165) is 12.8 Å². The quantitative estimate of drug-likeness (QED) is 0.656. The monoisotopic (exact) mass is 408 g/mol. The molecule has 0 radical (unpaired) electrons. The molecule has 0 saturated heterocycles. The first-order valence-electron chi connectivity index (χ1n) is 10.4. The highest BCUT2D eigenvalue weighted by molar-refractivity contribution is 6.00. The van der Waals surface area contributed by atoms with Crippen LogP contribution in [-0.2, 0) is 0 Å². The summed E-state index contributed by atoms with van der Waals surface area (Å²) in [6, 6.07) is 6.41. The van der Waals surface area contributed by atoms with Crippen molar-refractivity contribution in [2.75, 3.05) is 31.6 Å². The third kappa shape index (κ3) is 4.75. The normalized spacial score (nSPS) is 13.5. The maximum Gasteiger partial charge on any atom is 0.257 e. The summed E-state index contributed by atoms with van der Waals surface area (Å²) in [5, 5.41) is 0. The van der Waals surface area contributed by atoms with Crippen LogP contribution in [-0.4, -0.2) is 47.5 Å². The van der Waals surface area contributed by atoms with Crippen molar-refractivity contribution in [1.29, 1.82) is 0 Å². The summed E-state index contributed by atoms with van der Waals surface area (Å²) >= 11 is 0. The van der Waals surface area contributed by atoms with Crippen molar-refractivity contribution in [2.45, 2.75) is 33.6 Å². The van der Waals surface area contributed by atoms with Crippen molar-refractivity contribution in [3.63, 3.8) is 0 Å². The molecule has 5 nitrogen and oxygen atoms in total. The molecule has 2 aromatic rings. The van der Waals surface area contributed by atoms with Crippen LogP contribution in [0.15, 0.2) is 53.8 Å². The molecule has 1 aliphatic rings. The molecule has 0 aliphatic heterocycles. The van der Waals surface area contributed by atoms with E-state index in [1.165, 1.54) is 23.4 Å². The Hall–Kier alpha value is -3.02. The van der Waals surface area contributed by atoms with E-state index >= 15 is 0 Å². The van der Waals surface area contributed by atoms with Crippen LogP contribution in [0.2, 0.25) is 0 Å². The molecule has 0 saturated carbocycles. The Morgan fingerprint density at radius 1 is 1.20 bits per heavy atom. The molecule has 0 spiro atoms. The molecule has 3 rings (SSSR count). The first-order chi connectivity index (χ1) is 14.4. The number of anilines is 1. The molecule has 0 N–H and O–H groups in total. The van der Waals surface area contributed by atoms with Gasteiger partial charge in [0, 0.05) is 38.4 Å². The number of carbonyl (C=O) groups is 1. The molecular formula is C24H29FN4O. The first kappa shape index (κ1) is 21.7. The number of likely N-dealkylation sites (N-methyl/N-ethyl adjacent to an activating group) is 1. The van der Waals surface area contributed by atoms with Crippen LogP contribution in [0.3, 0.4) is 0 Å². The van der Waals surface area contributed by atoms with E-state index in [9.17, 15) is 9.18 Å². The Labute approximate surface area is 177 Å². The number of rotatable bonds is 7. The zero-order valence-electron chi connectivity index (χ0n) is 18.2. The topological polar surface area (TPSA) is 49.3 Å². The van der Waals surface area contributed by atoms with Crippen molar-refractivity contribution in [1.82, 2.24) is 14.9 Å². The van der Waals surface area contributed by atoms with E-state index in [1.54, 1.807) is 23.1 Å². The van der Waals surface area contributed by atoms with Crippen LogP contribution < -0.4 is 4.90 Å². The summed E-state index contributed by atoms with van der Waals surface area (Å²) in [7, 11) is 1.87. The van der Waals surface area contributed by atoms with Gasteiger partial charge in [0.2, 0.25) is 5.95 Å². The lowest BCUT2D eigenvalue weighted by Gasteiger charge is -2.25. The standard InChI is InChI=1S/C24H29FN4O/c1-5-28(4)24-26-15-20(22(27-24)19-12-7-8-13-21(19)25)23(30)29(6-2)16-18-11-9-10-17(3)14-18/h7-8,10,12-15H,5-6,9,11,16H2,1-4H3. The van der Waals surface area contributed by atoms with Crippen molar-refractivity contribution < 1.29 is 9.18 Å². The van der Waals surface area contributed by atoms with Crippen molar-refractivity contribution >= 4 is 11.9 Å². The number of carbonyl (C=O) groups excluding carboxylic acids is 1. The summed E-state index contributed by atoms with van der Waals surface area (Å²) in [5.41, 5.74) is 3.40. The fourth-order valence-corrected chi connectivity index (χ4v) is 3.52. The Kier molecular flexibility index (Phi) is 6.98. The minimum atomic E-state index is -0.408. The molecule has 1 amide bonds. The van der Waals surface area contributed by atoms with Crippen molar-refractivity contribution in [3.8, 4) is 11.3 Å². The Morgan fingerprint density at radius 2 is 1.97 bits per heavy atom. The second-order valence-corrected chi connectivity index (χ2v) is 7.54. The van der Waals surface area contributed by atoms with E-state index in [-0.39, 0.29) is 5.91 Å². The maximum atomic E-state index is 14.6. The fraction of sp³-hybridized carbons (Fsp3) is 0.375. The minimum absolute atomic E-state index is 0.186. The Bertz CT molecular complexity index is 983. The van der Waals surface area contributed by atoms with Gasteiger partial charge in [0.25, 0.3) is 5.91 Å².